The molecule has 0 bridgehead atoms. The van der Waals surface area contributed by atoms with Gasteiger partial charge in [-0.25, -0.2) is 9.97 Å². The van der Waals surface area contributed by atoms with Gasteiger partial charge in [0.25, 0.3) is 0 Å². The molecule has 0 amide bonds. The molecule has 0 saturated carbocycles. The van der Waals surface area contributed by atoms with Crippen LogP contribution in [-0.2, 0) is 6.54 Å². The minimum atomic E-state index is 0.299. The lowest BCUT2D eigenvalue weighted by Crippen LogP contribution is -2.24. The monoisotopic (exact) mass is 276 g/mol. The molecule has 0 aliphatic rings. The molecule has 0 spiro atoms. The van der Waals surface area contributed by atoms with Crippen molar-refractivity contribution in [2.75, 3.05) is 17.2 Å². The van der Waals surface area contributed by atoms with Gasteiger partial charge in [0.2, 0.25) is 0 Å². The summed E-state index contributed by atoms with van der Waals surface area (Å²) in [5.74, 6) is 0.686. The number of rotatable bonds is 4. The smallest absolute Gasteiger partial charge is 0.157 e. The molecule has 2 N–H and O–H groups in total. The predicted octanol–water partition coefficient (Wildman–Crippen LogP) is 3.05. The summed E-state index contributed by atoms with van der Waals surface area (Å²) in [7, 11) is 0. The highest BCUT2D eigenvalue weighted by molar-refractivity contribution is 6.32. The number of aryl methyl sites for hydroxylation is 1. The Morgan fingerprint density at radius 3 is 2.68 bits per heavy atom. The third kappa shape index (κ3) is 2.96. The third-order valence-corrected chi connectivity index (χ3v) is 3.42. The number of anilines is 2. The highest BCUT2D eigenvalue weighted by atomic mass is 35.5. The largest absolute Gasteiger partial charge is 0.393 e. The SMILES string of the molecule is CCN(Cc1ccccc1C)c1ncnc(Cl)c1N. The number of nitrogens with two attached hydrogens (primary N) is 1. The van der Waals surface area contributed by atoms with Crippen LogP contribution in [0.5, 0.6) is 0 Å². The number of benzene rings is 1. The van der Waals surface area contributed by atoms with Gasteiger partial charge in [-0.15, -0.1) is 0 Å². The fourth-order valence-electron chi connectivity index (χ4n) is 1.95. The number of nitrogen functional groups attached to an aromatic ring is 1. The molecule has 4 nitrogen and oxygen atoms in total. The Morgan fingerprint density at radius 1 is 1.26 bits per heavy atom. The van der Waals surface area contributed by atoms with E-state index in [9.17, 15) is 0 Å². The lowest BCUT2D eigenvalue weighted by atomic mass is 10.1. The van der Waals surface area contributed by atoms with E-state index in [1.54, 1.807) is 0 Å². The summed E-state index contributed by atoms with van der Waals surface area (Å²) < 4.78 is 0. The molecule has 0 atom stereocenters. The van der Waals surface area contributed by atoms with E-state index < -0.39 is 0 Å². The summed E-state index contributed by atoms with van der Waals surface area (Å²) in [6.07, 6.45) is 1.44. The van der Waals surface area contributed by atoms with E-state index in [0.29, 0.717) is 16.7 Å². The summed E-state index contributed by atoms with van der Waals surface area (Å²) in [6.45, 7) is 5.71. The van der Waals surface area contributed by atoms with Crippen LogP contribution in [0.3, 0.4) is 0 Å². The van der Waals surface area contributed by atoms with Gasteiger partial charge in [-0.1, -0.05) is 35.9 Å². The first-order valence-corrected chi connectivity index (χ1v) is 6.56. The zero-order valence-electron chi connectivity index (χ0n) is 11.1. The molecule has 5 heteroatoms. The fraction of sp³-hybridized carbons (Fsp3) is 0.286. The van der Waals surface area contributed by atoms with Crippen molar-refractivity contribution in [3.63, 3.8) is 0 Å². The van der Waals surface area contributed by atoms with Crippen LogP contribution in [0.1, 0.15) is 18.1 Å². The Hall–Kier alpha value is -1.81. The molecule has 0 fully saturated rings. The Balaban J connectivity index is 2.31. The van der Waals surface area contributed by atoms with Gasteiger partial charge in [0, 0.05) is 13.1 Å². The summed E-state index contributed by atoms with van der Waals surface area (Å²) in [5, 5.41) is 0.299. The fourth-order valence-corrected chi connectivity index (χ4v) is 2.08. The number of hydrogen-bond donors (Lipinski definition) is 1. The number of halogens is 1. The molecule has 2 aromatic rings. The summed E-state index contributed by atoms with van der Waals surface area (Å²) in [4.78, 5) is 10.2. The topological polar surface area (TPSA) is 55.0 Å². The van der Waals surface area contributed by atoms with E-state index in [1.807, 2.05) is 12.1 Å². The molecule has 1 aromatic carbocycles. The Labute approximate surface area is 118 Å². The molecule has 19 heavy (non-hydrogen) atoms. The first-order valence-electron chi connectivity index (χ1n) is 6.19. The predicted molar refractivity (Wildman–Crippen MR) is 79.4 cm³/mol. The van der Waals surface area contributed by atoms with Crippen molar-refractivity contribution in [3.05, 3.63) is 46.9 Å². The van der Waals surface area contributed by atoms with Crippen LogP contribution in [0.4, 0.5) is 11.5 Å². The molecule has 100 valence electrons. The van der Waals surface area contributed by atoms with E-state index in [2.05, 4.69) is 40.8 Å². The van der Waals surface area contributed by atoms with Crippen molar-refractivity contribution >= 4 is 23.1 Å². The van der Waals surface area contributed by atoms with Crippen molar-refractivity contribution in [3.8, 4) is 0 Å². The van der Waals surface area contributed by atoms with Gasteiger partial charge in [-0.05, 0) is 25.0 Å². The quantitative estimate of drug-likeness (QED) is 0.872. The van der Waals surface area contributed by atoms with Gasteiger partial charge in [0.05, 0.1) is 0 Å². The van der Waals surface area contributed by atoms with Gasteiger partial charge in [0.15, 0.2) is 11.0 Å². The lowest BCUT2D eigenvalue weighted by molar-refractivity contribution is 0.808. The van der Waals surface area contributed by atoms with Crippen molar-refractivity contribution in [1.82, 2.24) is 9.97 Å². The van der Waals surface area contributed by atoms with E-state index >= 15 is 0 Å². The number of hydrogen-bond acceptors (Lipinski definition) is 4. The van der Waals surface area contributed by atoms with Crippen molar-refractivity contribution in [1.29, 1.82) is 0 Å². The zero-order chi connectivity index (χ0) is 13.8. The average Bonchev–Trinajstić information content (AvgIpc) is 2.41. The molecule has 0 radical (unpaired) electrons. The lowest BCUT2D eigenvalue weighted by Gasteiger charge is -2.24. The maximum absolute atomic E-state index is 5.95. The maximum atomic E-state index is 5.95. The Bertz CT molecular complexity index is 571. The Kier molecular flexibility index (Phi) is 4.22. The summed E-state index contributed by atoms with van der Waals surface area (Å²) in [6, 6.07) is 8.27. The van der Waals surface area contributed by atoms with Crippen molar-refractivity contribution in [2.45, 2.75) is 20.4 Å². The van der Waals surface area contributed by atoms with Crippen LogP contribution in [0.25, 0.3) is 0 Å². The molecule has 0 unspecified atom stereocenters. The minimum Gasteiger partial charge on any atom is -0.393 e. The molecule has 1 heterocycles. The normalized spacial score (nSPS) is 10.5. The summed E-state index contributed by atoms with van der Waals surface area (Å²) >= 11 is 5.95. The van der Waals surface area contributed by atoms with Gasteiger partial charge in [-0.3, -0.25) is 0 Å². The third-order valence-electron chi connectivity index (χ3n) is 3.12. The highest BCUT2D eigenvalue weighted by Crippen LogP contribution is 2.27. The summed E-state index contributed by atoms with van der Waals surface area (Å²) in [5.41, 5.74) is 8.88. The van der Waals surface area contributed by atoms with Crippen LogP contribution < -0.4 is 10.6 Å². The van der Waals surface area contributed by atoms with E-state index in [0.717, 1.165) is 13.1 Å². The number of nitrogens with zero attached hydrogens (tertiary/aromatic N) is 3. The van der Waals surface area contributed by atoms with E-state index in [4.69, 9.17) is 17.3 Å². The van der Waals surface area contributed by atoms with Crippen LogP contribution >= 0.6 is 11.6 Å². The van der Waals surface area contributed by atoms with E-state index in [1.165, 1.54) is 17.5 Å². The molecule has 1 aromatic heterocycles. The van der Waals surface area contributed by atoms with E-state index in [-0.39, 0.29) is 0 Å². The van der Waals surface area contributed by atoms with Crippen LogP contribution in [0, 0.1) is 6.92 Å². The molecule has 2 rings (SSSR count). The molecule has 0 saturated heterocycles. The van der Waals surface area contributed by atoms with Gasteiger partial charge >= 0.3 is 0 Å². The minimum absolute atomic E-state index is 0.299. The number of aromatic nitrogens is 2. The molecule has 0 aliphatic heterocycles. The highest BCUT2D eigenvalue weighted by Gasteiger charge is 2.13. The zero-order valence-corrected chi connectivity index (χ0v) is 11.9. The molecule has 0 aliphatic carbocycles. The second-order valence-electron chi connectivity index (χ2n) is 4.34. The van der Waals surface area contributed by atoms with Crippen LogP contribution in [0.2, 0.25) is 5.15 Å². The van der Waals surface area contributed by atoms with Crippen molar-refractivity contribution < 1.29 is 0 Å². The first kappa shape index (κ1) is 13.6. The average molecular weight is 277 g/mol. The Morgan fingerprint density at radius 2 is 2.00 bits per heavy atom. The van der Waals surface area contributed by atoms with Crippen LogP contribution in [0.15, 0.2) is 30.6 Å². The van der Waals surface area contributed by atoms with Crippen LogP contribution in [-0.4, -0.2) is 16.5 Å². The van der Waals surface area contributed by atoms with Gasteiger partial charge in [-0.2, -0.15) is 0 Å². The second kappa shape index (κ2) is 5.89. The van der Waals surface area contributed by atoms with Crippen molar-refractivity contribution in [2.24, 2.45) is 0 Å². The standard InChI is InChI=1S/C14H17ClN4/c1-3-19(8-11-7-5-4-6-10(11)2)14-12(16)13(15)17-9-18-14/h4-7,9H,3,8,16H2,1-2H3. The molecular weight excluding hydrogens is 260 g/mol. The molecular formula is C14H17ClN4. The first-order chi connectivity index (χ1) is 9.13. The maximum Gasteiger partial charge on any atom is 0.157 e. The second-order valence-corrected chi connectivity index (χ2v) is 4.70. The van der Waals surface area contributed by atoms with Gasteiger partial charge < -0.3 is 10.6 Å². The van der Waals surface area contributed by atoms with Gasteiger partial charge in [0.1, 0.15) is 12.0 Å².